The topological polar surface area (TPSA) is 34.0 Å². The van der Waals surface area contributed by atoms with Gasteiger partial charge in [-0.2, -0.15) is 0 Å². The average molecular weight is 314 g/mol. The summed E-state index contributed by atoms with van der Waals surface area (Å²) in [6, 6.07) is 24.4. The van der Waals surface area contributed by atoms with Crippen LogP contribution in [0.2, 0.25) is 0 Å². The number of hydrogen-bond donors (Lipinski definition) is 1. The van der Waals surface area contributed by atoms with Gasteiger partial charge in [-0.15, -0.1) is 0 Å². The van der Waals surface area contributed by atoms with Crippen molar-refractivity contribution in [3.63, 3.8) is 0 Å². The van der Waals surface area contributed by atoms with Crippen molar-refractivity contribution in [2.75, 3.05) is 5.32 Å². The third kappa shape index (κ3) is 2.88. The lowest BCUT2D eigenvalue weighted by Crippen LogP contribution is -2.14. The molecule has 24 heavy (non-hydrogen) atoms. The van der Waals surface area contributed by atoms with E-state index in [-0.39, 0.29) is 5.91 Å². The summed E-state index contributed by atoms with van der Waals surface area (Å²) in [5, 5.41) is 6.50. The number of carbonyl (C=O) groups is 1. The third-order valence-corrected chi connectivity index (χ3v) is 4.29. The third-order valence-electron chi connectivity index (χ3n) is 4.29. The zero-order valence-corrected chi connectivity index (χ0v) is 13.3. The van der Waals surface area contributed by atoms with Gasteiger partial charge in [-0.05, 0) is 40.4 Å². The summed E-state index contributed by atoms with van der Waals surface area (Å²) in [6.07, 6.45) is 2.49. The van der Waals surface area contributed by atoms with Gasteiger partial charge in [0.15, 0.2) is 0 Å². The van der Waals surface area contributed by atoms with E-state index in [1.165, 1.54) is 10.8 Å². The second kappa shape index (κ2) is 6.20. The summed E-state index contributed by atoms with van der Waals surface area (Å²) in [6.45, 7) is 0.674. The lowest BCUT2D eigenvalue weighted by molar-refractivity contribution is -0.116. The normalized spacial score (nSPS) is 11.0. The van der Waals surface area contributed by atoms with E-state index in [4.69, 9.17) is 0 Å². The Kier molecular flexibility index (Phi) is 3.75. The van der Waals surface area contributed by atoms with Crippen molar-refractivity contribution in [1.82, 2.24) is 4.57 Å². The lowest BCUT2D eigenvalue weighted by Gasteiger charge is -2.08. The molecule has 0 unspecified atom stereocenters. The predicted molar refractivity (Wildman–Crippen MR) is 99.1 cm³/mol. The maximum atomic E-state index is 12.3. The number of rotatable bonds is 4. The molecule has 1 aromatic heterocycles. The molecule has 0 saturated heterocycles. The fraction of sp³-hybridized carbons (Fsp3) is 0.0952. The van der Waals surface area contributed by atoms with Crippen LogP contribution in [-0.2, 0) is 11.3 Å². The molecule has 0 spiro atoms. The van der Waals surface area contributed by atoms with Crippen molar-refractivity contribution in [2.45, 2.75) is 13.0 Å². The highest BCUT2D eigenvalue weighted by molar-refractivity contribution is 5.94. The standard InChI is InChI=1S/C21H18N2O/c24-21(12-14-23-13-11-17-6-3-4-8-20(17)23)22-19-10-9-16-5-1-2-7-18(16)15-19/h1-11,13,15H,12,14H2,(H,22,24). The fourth-order valence-electron chi connectivity index (χ4n) is 3.05. The number of aromatic nitrogens is 1. The van der Waals surface area contributed by atoms with E-state index in [9.17, 15) is 4.79 Å². The second-order valence-corrected chi connectivity index (χ2v) is 5.93. The number of amides is 1. The smallest absolute Gasteiger partial charge is 0.226 e. The SMILES string of the molecule is O=C(CCn1ccc2ccccc21)Nc1ccc2ccccc2c1. The molecule has 1 amide bonds. The molecule has 118 valence electrons. The molecule has 4 rings (SSSR count). The molecule has 0 radical (unpaired) electrons. The highest BCUT2D eigenvalue weighted by atomic mass is 16.1. The molecule has 0 aliphatic heterocycles. The van der Waals surface area contributed by atoms with Gasteiger partial charge >= 0.3 is 0 Å². The van der Waals surface area contributed by atoms with Gasteiger partial charge in [-0.1, -0.05) is 48.5 Å². The van der Waals surface area contributed by atoms with Crippen LogP contribution in [-0.4, -0.2) is 10.5 Å². The second-order valence-electron chi connectivity index (χ2n) is 5.93. The number of nitrogens with one attached hydrogen (secondary N) is 1. The highest BCUT2D eigenvalue weighted by Gasteiger charge is 2.05. The van der Waals surface area contributed by atoms with Crippen LogP contribution in [0, 0.1) is 0 Å². The van der Waals surface area contributed by atoms with E-state index in [1.807, 2.05) is 48.7 Å². The monoisotopic (exact) mass is 314 g/mol. The molecular weight excluding hydrogens is 296 g/mol. The minimum Gasteiger partial charge on any atom is -0.347 e. The number of para-hydroxylation sites is 1. The zero-order chi connectivity index (χ0) is 16.4. The Labute approximate surface area is 140 Å². The number of benzene rings is 3. The average Bonchev–Trinajstić information content (AvgIpc) is 3.03. The van der Waals surface area contributed by atoms with Gasteiger partial charge in [0.05, 0.1) is 0 Å². The van der Waals surface area contributed by atoms with Gasteiger partial charge in [-0.3, -0.25) is 4.79 Å². The van der Waals surface area contributed by atoms with E-state index in [0.717, 1.165) is 16.6 Å². The first-order valence-corrected chi connectivity index (χ1v) is 8.12. The quantitative estimate of drug-likeness (QED) is 0.575. The zero-order valence-electron chi connectivity index (χ0n) is 13.3. The van der Waals surface area contributed by atoms with E-state index in [0.29, 0.717) is 13.0 Å². The molecule has 3 aromatic carbocycles. The first-order valence-electron chi connectivity index (χ1n) is 8.12. The van der Waals surface area contributed by atoms with Crippen molar-refractivity contribution < 1.29 is 4.79 Å². The van der Waals surface area contributed by atoms with Gasteiger partial charge in [0.2, 0.25) is 5.91 Å². The summed E-state index contributed by atoms with van der Waals surface area (Å²) in [5.41, 5.74) is 2.01. The van der Waals surface area contributed by atoms with Gasteiger partial charge < -0.3 is 9.88 Å². The van der Waals surface area contributed by atoms with Crippen molar-refractivity contribution in [1.29, 1.82) is 0 Å². The fourth-order valence-corrected chi connectivity index (χ4v) is 3.05. The van der Waals surface area contributed by atoms with Crippen molar-refractivity contribution in [2.24, 2.45) is 0 Å². The number of fused-ring (bicyclic) bond motifs is 2. The van der Waals surface area contributed by atoms with Gasteiger partial charge in [0.1, 0.15) is 0 Å². The van der Waals surface area contributed by atoms with Crippen LogP contribution in [0.5, 0.6) is 0 Å². The largest absolute Gasteiger partial charge is 0.347 e. The molecule has 1 heterocycles. The summed E-state index contributed by atoms with van der Waals surface area (Å²) in [4.78, 5) is 12.3. The van der Waals surface area contributed by atoms with Crippen molar-refractivity contribution >= 4 is 33.3 Å². The maximum absolute atomic E-state index is 12.3. The molecule has 1 N–H and O–H groups in total. The minimum atomic E-state index is 0.0306. The highest BCUT2D eigenvalue weighted by Crippen LogP contribution is 2.19. The summed E-state index contributed by atoms with van der Waals surface area (Å²) < 4.78 is 2.12. The Morgan fingerprint density at radius 3 is 2.46 bits per heavy atom. The number of carbonyl (C=O) groups excluding carboxylic acids is 1. The van der Waals surface area contributed by atoms with Gasteiger partial charge in [-0.25, -0.2) is 0 Å². The van der Waals surface area contributed by atoms with Crippen LogP contribution in [0.25, 0.3) is 21.7 Å². The molecule has 0 bridgehead atoms. The number of aryl methyl sites for hydroxylation is 1. The molecule has 0 atom stereocenters. The number of nitrogens with zero attached hydrogens (tertiary/aromatic N) is 1. The van der Waals surface area contributed by atoms with Crippen LogP contribution in [0.4, 0.5) is 5.69 Å². The van der Waals surface area contributed by atoms with Crippen molar-refractivity contribution in [3.05, 3.63) is 79.0 Å². The van der Waals surface area contributed by atoms with Crippen LogP contribution in [0.1, 0.15) is 6.42 Å². The van der Waals surface area contributed by atoms with Gasteiger partial charge in [0.25, 0.3) is 0 Å². The Hall–Kier alpha value is -3.07. The first kappa shape index (κ1) is 14.5. The Bertz CT molecular complexity index is 1020. The molecule has 3 nitrogen and oxygen atoms in total. The molecule has 0 aliphatic carbocycles. The molecule has 4 aromatic rings. The Morgan fingerprint density at radius 2 is 1.58 bits per heavy atom. The van der Waals surface area contributed by atoms with Gasteiger partial charge in [0, 0.05) is 30.4 Å². The summed E-state index contributed by atoms with van der Waals surface area (Å²) >= 11 is 0. The summed E-state index contributed by atoms with van der Waals surface area (Å²) in [7, 11) is 0. The number of anilines is 1. The maximum Gasteiger partial charge on any atom is 0.226 e. The van der Waals surface area contributed by atoms with E-state index in [2.05, 4.69) is 40.2 Å². The van der Waals surface area contributed by atoms with Crippen LogP contribution in [0.3, 0.4) is 0 Å². The van der Waals surface area contributed by atoms with Crippen LogP contribution in [0.15, 0.2) is 79.0 Å². The van der Waals surface area contributed by atoms with Crippen LogP contribution >= 0.6 is 0 Å². The molecule has 0 fully saturated rings. The Balaban J connectivity index is 1.44. The molecular formula is C21H18N2O. The minimum absolute atomic E-state index is 0.0306. The molecule has 3 heteroatoms. The molecule has 0 saturated carbocycles. The van der Waals surface area contributed by atoms with E-state index in [1.54, 1.807) is 0 Å². The predicted octanol–water partition coefficient (Wildman–Crippen LogP) is 4.82. The molecule has 0 aliphatic rings. The van der Waals surface area contributed by atoms with Crippen LogP contribution < -0.4 is 5.32 Å². The first-order chi connectivity index (χ1) is 11.8. The lowest BCUT2D eigenvalue weighted by atomic mass is 10.1. The summed E-state index contributed by atoms with van der Waals surface area (Å²) in [5.74, 6) is 0.0306. The number of hydrogen-bond acceptors (Lipinski definition) is 1. The van der Waals surface area contributed by atoms with E-state index >= 15 is 0 Å². The van der Waals surface area contributed by atoms with Crippen molar-refractivity contribution in [3.8, 4) is 0 Å². The van der Waals surface area contributed by atoms with E-state index < -0.39 is 0 Å². The Morgan fingerprint density at radius 1 is 0.833 bits per heavy atom.